The topological polar surface area (TPSA) is 70.2 Å². The first kappa shape index (κ1) is 14.5. The smallest absolute Gasteiger partial charge is 0.318 e. The maximum atomic E-state index is 11.2. The molecule has 0 spiro atoms. The highest BCUT2D eigenvalue weighted by Gasteiger charge is 2.03. The molecule has 0 fully saturated rings. The van der Waals surface area contributed by atoms with Gasteiger partial charge < -0.3 is 16.0 Å². The Bertz CT molecular complexity index is 267. The van der Waals surface area contributed by atoms with Gasteiger partial charge in [0.2, 0.25) is 5.91 Å². The lowest BCUT2D eigenvalue weighted by atomic mass is 9.97. The van der Waals surface area contributed by atoms with Crippen LogP contribution in [0.1, 0.15) is 27.7 Å². The fourth-order valence-corrected chi connectivity index (χ4v) is 0.833. The van der Waals surface area contributed by atoms with Crippen molar-refractivity contribution in [3.63, 3.8) is 0 Å². The zero-order chi connectivity index (χ0) is 12.6. The summed E-state index contributed by atoms with van der Waals surface area (Å²) in [5.74, 6) is -0.102. The van der Waals surface area contributed by atoms with E-state index in [1.54, 1.807) is 6.20 Å². The van der Waals surface area contributed by atoms with Crippen molar-refractivity contribution >= 4 is 11.9 Å². The Morgan fingerprint density at radius 2 is 1.69 bits per heavy atom. The number of carbonyl (C=O) groups excluding carboxylic acids is 2. The van der Waals surface area contributed by atoms with Gasteiger partial charge in [0.25, 0.3) is 0 Å². The summed E-state index contributed by atoms with van der Waals surface area (Å²) in [7, 11) is 0. The summed E-state index contributed by atoms with van der Waals surface area (Å²) in [5, 5.41) is 7.77. The third kappa shape index (κ3) is 10.6. The van der Waals surface area contributed by atoms with Crippen molar-refractivity contribution in [2.24, 2.45) is 5.41 Å². The quantitative estimate of drug-likeness (QED) is 0.627. The van der Waals surface area contributed by atoms with Crippen LogP contribution in [0.2, 0.25) is 0 Å². The molecule has 0 heterocycles. The molecule has 0 unspecified atom stereocenters. The normalized spacial score (nSPS) is 11.2. The monoisotopic (exact) mass is 227 g/mol. The summed E-state index contributed by atoms with van der Waals surface area (Å²) in [4.78, 5) is 21.7. The number of urea groups is 1. The molecule has 92 valence electrons. The van der Waals surface area contributed by atoms with Crippen LogP contribution >= 0.6 is 0 Å². The van der Waals surface area contributed by atoms with Crippen LogP contribution in [0.4, 0.5) is 4.79 Å². The van der Waals surface area contributed by atoms with Crippen molar-refractivity contribution in [3.8, 4) is 0 Å². The zero-order valence-corrected chi connectivity index (χ0v) is 10.4. The molecule has 5 nitrogen and oxygen atoms in total. The average molecular weight is 227 g/mol. The Hall–Kier alpha value is -1.52. The van der Waals surface area contributed by atoms with Gasteiger partial charge in [0.05, 0.1) is 0 Å². The Kier molecular flexibility index (Phi) is 6.22. The summed E-state index contributed by atoms with van der Waals surface area (Å²) >= 11 is 0. The molecule has 5 heteroatoms. The summed E-state index contributed by atoms with van der Waals surface area (Å²) in [6.45, 7) is 8.41. The maximum absolute atomic E-state index is 11.2. The van der Waals surface area contributed by atoms with Crippen LogP contribution in [0.15, 0.2) is 12.3 Å². The van der Waals surface area contributed by atoms with E-state index in [0.29, 0.717) is 13.1 Å². The van der Waals surface area contributed by atoms with Gasteiger partial charge in [-0.2, -0.15) is 0 Å². The number of amides is 3. The standard InChI is InChI=1S/C11H21N3O2/c1-9(15)12-7-8-14-10(16)13-6-5-11(2,3)4/h5-6H,7-8H2,1-4H3,(H,12,15)(H2,13,14,16)/b6-5+. The molecular formula is C11H21N3O2. The minimum Gasteiger partial charge on any atom is -0.355 e. The second-order valence-electron chi connectivity index (χ2n) is 4.58. The predicted octanol–water partition coefficient (Wildman–Crippen LogP) is 0.981. The average Bonchev–Trinajstić information content (AvgIpc) is 2.10. The number of nitrogens with one attached hydrogen (secondary N) is 3. The first-order valence-corrected chi connectivity index (χ1v) is 5.28. The Labute approximate surface area is 96.7 Å². The van der Waals surface area contributed by atoms with E-state index in [4.69, 9.17) is 0 Å². The molecule has 0 rings (SSSR count). The van der Waals surface area contributed by atoms with Crippen molar-refractivity contribution in [3.05, 3.63) is 12.3 Å². The van der Waals surface area contributed by atoms with Crippen LogP contribution in [0.3, 0.4) is 0 Å². The molecule has 0 aromatic rings. The maximum Gasteiger partial charge on any atom is 0.318 e. The molecule has 0 saturated heterocycles. The highest BCUT2D eigenvalue weighted by molar-refractivity contribution is 5.75. The molecule has 0 saturated carbocycles. The molecule has 0 bridgehead atoms. The van der Waals surface area contributed by atoms with Gasteiger partial charge in [-0.15, -0.1) is 0 Å². The van der Waals surface area contributed by atoms with Crippen LogP contribution in [0.5, 0.6) is 0 Å². The van der Waals surface area contributed by atoms with Gasteiger partial charge in [0.15, 0.2) is 0 Å². The number of hydrogen-bond acceptors (Lipinski definition) is 2. The molecule has 0 aliphatic rings. The second kappa shape index (κ2) is 6.87. The summed E-state index contributed by atoms with van der Waals surface area (Å²) in [5.41, 5.74) is 0.0451. The van der Waals surface area contributed by atoms with Gasteiger partial charge >= 0.3 is 6.03 Å². The molecule has 0 aromatic carbocycles. The highest BCUT2D eigenvalue weighted by Crippen LogP contribution is 2.13. The summed E-state index contributed by atoms with van der Waals surface area (Å²) < 4.78 is 0. The van der Waals surface area contributed by atoms with Crippen molar-refractivity contribution in [1.82, 2.24) is 16.0 Å². The fraction of sp³-hybridized carbons (Fsp3) is 0.636. The molecule has 3 N–H and O–H groups in total. The van der Waals surface area contributed by atoms with Gasteiger partial charge in [-0.25, -0.2) is 4.79 Å². The summed E-state index contributed by atoms with van der Waals surface area (Å²) in [6.07, 6.45) is 3.52. The van der Waals surface area contributed by atoms with Gasteiger partial charge in [-0.1, -0.05) is 26.8 Å². The lowest BCUT2D eigenvalue weighted by Crippen LogP contribution is -2.38. The number of rotatable bonds is 4. The van der Waals surface area contributed by atoms with Crippen LogP contribution in [-0.4, -0.2) is 25.0 Å². The van der Waals surface area contributed by atoms with Gasteiger partial charge in [0.1, 0.15) is 0 Å². The number of allylic oxidation sites excluding steroid dienone is 1. The van der Waals surface area contributed by atoms with Crippen molar-refractivity contribution < 1.29 is 9.59 Å². The van der Waals surface area contributed by atoms with Crippen molar-refractivity contribution in [2.75, 3.05) is 13.1 Å². The molecule has 0 atom stereocenters. The van der Waals surface area contributed by atoms with E-state index in [1.165, 1.54) is 6.92 Å². The Balaban J connectivity index is 3.60. The third-order valence-corrected chi connectivity index (χ3v) is 1.58. The molecule has 3 amide bonds. The van der Waals surface area contributed by atoms with Crippen LogP contribution in [0.25, 0.3) is 0 Å². The molecule has 0 aliphatic heterocycles. The molecule has 16 heavy (non-hydrogen) atoms. The number of hydrogen-bond donors (Lipinski definition) is 3. The first-order chi connectivity index (χ1) is 7.31. The second-order valence-corrected chi connectivity index (χ2v) is 4.58. The van der Waals surface area contributed by atoms with E-state index in [9.17, 15) is 9.59 Å². The third-order valence-electron chi connectivity index (χ3n) is 1.58. The van der Waals surface area contributed by atoms with Crippen LogP contribution in [-0.2, 0) is 4.79 Å². The predicted molar refractivity (Wildman–Crippen MR) is 63.8 cm³/mol. The minimum absolute atomic E-state index is 0.0451. The van der Waals surface area contributed by atoms with Gasteiger partial charge in [0, 0.05) is 26.2 Å². The Morgan fingerprint density at radius 1 is 1.12 bits per heavy atom. The summed E-state index contributed by atoms with van der Waals surface area (Å²) in [6, 6.07) is -0.272. The SMILES string of the molecule is CC(=O)NCCNC(=O)N/C=C/C(C)(C)C. The lowest BCUT2D eigenvalue weighted by molar-refractivity contribution is -0.118. The fourth-order valence-electron chi connectivity index (χ4n) is 0.833. The molecule has 0 radical (unpaired) electrons. The Morgan fingerprint density at radius 3 is 2.19 bits per heavy atom. The molecule has 0 aliphatic carbocycles. The largest absolute Gasteiger partial charge is 0.355 e. The van der Waals surface area contributed by atoms with Crippen LogP contribution in [0, 0.1) is 5.41 Å². The van der Waals surface area contributed by atoms with Crippen molar-refractivity contribution in [2.45, 2.75) is 27.7 Å². The van der Waals surface area contributed by atoms with E-state index in [1.807, 2.05) is 26.8 Å². The minimum atomic E-state index is -0.272. The van der Waals surface area contributed by atoms with E-state index in [2.05, 4.69) is 16.0 Å². The zero-order valence-electron chi connectivity index (χ0n) is 10.4. The highest BCUT2D eigenvalue weighted by atomic mass is 16.2. The van der Waals surface area contributed by atoms with Crippen molar-refractivity contribution in [1.29, 1.82) is 0 Å². The van der Waals surface area contributed by atoms with Gasteiger partial charge in [-0.3, -0.25) is 4.79 Å². The van der Waals surface area contributed by atoms with E-state index < -0.39 is 0 Å². The van der Waals surface area contributed by atoms with Gasteiger partial charge in [-0.05, 0) is 5.41 Å². The molecular weight excluding hydrogens is 206 g/mol. The van der Waals surface area contributed by atoms with E-state index >= 15 is 0 Å². The molecule has 0 aromatic heterocycles. The lowest BCUT2D eigenvalue weighted by Gasteiger charge is -2.11. The number of carbonyl (C=O) groups is 2. The van der Waals surface area contributed by atoms with E-state index in [0.717, 1.165) is 0 Å². The van der Waals surface area contributed by atoms with E-state index in [-0.39, 0.29) is 17.4 Å². The van der Waals surface area contributed by atoms with Crippen LogP contribution < -0.4 is 16.0 Å². The first-order valence-electron chi connectivity index (χ1n) is 5.28.